The average Bonchev–Trinajstić information content (AvgIpc) is 3.34. The van der Waals surface area contributed by atoms with E-state index in [4.69, 9.17) is 20.4 Å². The van der Waals surface area contributed by atoms with E-state index in [-0.39, 0.29) is 6.03 Å². The van der Waals surface area contributed by atoms with Crippen LogP contribution in [-0.2, 0) is 0 Å². The zero-order valence-corrected chi connectivity index (χ0v) is 18.4. The molecule has 2 N–H and O–H groups in total. The number of carbonyl (C=O) groups is 1. The van der Waals surface area contributed by atoms with E-state index in [9.17, 15) is 4.79 Å². The van der Waals surface area contributed by atoms with Gasteiger partial charge in [0.25, 0.3) is 0 Å². The molecule has 2 aliphatic rings. The fourth-order valence-electron chi connectivity index (χ4n) is 4.72. The molecule has 2 fully saturated rings. The smallest absolute Gasteiger partial charge is 0.314 e. The molecule has 1 aromatic carbocycles. The normalized spacial score (nSPS) is 17.7. The maximum absolute atomic E-state index is 11.5. The Bertz CT molecular complexity index is 1110. The molecule has 3 heterocycles. The van der Waals surface area contributed by atoms with Crippen LogP contribution in [0.25, 0.3) is 22.2 Å². The topological polar surface area (TPSA) is 102 Å². The van der Waals surface area contributed by atoms with E-state index in [1.54, 1.807) is 12.0 Å². The third-order valence-corrected chi connectivity index (χ3v) is 6.59. The lowest BCUT2D eigenvalue weighted by Gasteiger charge is -2.34. The maximum Gasteiger partial charge on any atom is 0.314 e. The highest BCUT2D eigenvalue weighted by atomic mass is 16.5. The Labute approximate surface area is 187 Å². The molecule has 32 heavy (non-hydrogen) atoms. The molecule has 0 unspecified atom stereocenters. The molecule has 2 amide bonds. The van der Waals surface area contributed by atoms with Crippen molar-refractivity contribution in [2.45, 2.75) is 38.1 Å². The van der Waals surface area contributed by atoms with Crippen molar-refractivity contribution in [1.82, 2.24) is 24.6 Å². The van der Waals surface area contributed by atoms with Crippen LogP contribution in [0.5, 0.6) is 5.75 Å². The summed E-state index contributed by atoms with van der Waals surface area (Å²) in [6, 6.07) is 5.97. The molecule has 0 bridgehead atoms. The average molecular weight is 436 g/mol. The number of rotatable bonds is 4. The van der Waals surface area contributed by atoms with Gasteiger partial charge in [-0.05, 0) is 25.0 Å². The van der Waals surface area contributed by atoms with Gasteiger partial charge >= 0.3 is 6.03 Å². The van der Waals surface area contributed by atoms with Gasteiger partial charge in [-0.3, -0.25) is 4.68 Å². The van der Waals surface area contributed by atoms with Crippen molar-refractivity contribution in [2.24, 2.45) is 5.73 Å². The second-order valence-electron chi connectivity index (χ2n) is 8.57. The summed E-state index contributed by atoms with van der Waals surface area (Å²) < 4.78 is 7.54. The lowest BCUT2D eigenvalue weighted by atomic mass is 9.96. The molecule has 168 valence electrons. The van der Waals surface area contributed by atoms with Crippen molar-refractivity contribution in [3.8, 4) is 17.0 Å². The molecule has 9 nitrogen and oxygen atoms in total. The first-order valence-electron chi connectivity index (χ1n) is 11.3. The van der Waals surface area contributed by atoms with Gasteiger partial charge in [0.05, 0.1) is 30.6 Å². The number of amides is 2. The highest BCUT2D eigenvalue weighted by Gasteiger charge is 2.23. The van der Waals surface area contributed by atoms with Gasteiger partial charge in [-0.25, -0.2) is 14.8 Å². The molecule has 0 radical (unpaired) electrons. The first-order chi connectivity index (χ1) is 15.6. The van der Waals surface area contributed by atoms with Crippen LogP contribution in [-0.4, -0.2) is 64.0 Å². The Hall–Kier alpha value is -3.36. The van der Waals surface area contributed by atoms with Gasteiger partial charge in [0.15, 0.2) is 0 Å². The zero-order valence-electron chi connectivity index (χ0n) is 18.4. The van der Waals surface area contributed by atoms with Gasteiger partial charge in [-0.2, -0.15) is 5.10 Å². The molecular weight excluding hydrogens is 406 g/mol. The molecule has 0 atom stereocenters. The predicted octanol–water partition coefficient (Wildman–Crippen LogP) is 3.21. The van der Waals surface area contributed by atoms with Crippen molar-refractivity contribution in [2.75, 3.05) is 38.2 Å². The van der Waals surface area contributed by atoms with Crippen LogP contribution in [0.4, 0.5) is 10.7 Å². The summed E-state index contributed by atoms with van der Waals surface area (Å²) in [5.41, 5.74) is 8.12. The van der Waals surface area contributed by atoms with Crippen LogP contribution in [0.2, 0.25) is 0 Å². The second kappa shape index (κ2) is 8.64. The van der Waals surface area contributed by atoms with Crippen LogP contribution in [0.3, 0.4) is 0 Å². The van der Waals surface area contributed by atoms with Crippen molar-refractivity contribution in [3.63, 3.8) is 0 Å². The van der Waals surface area contributed by atoms with Gasteiger partial charge in [-0.15, -0.1) is 0 Å². The first kappa shape index (κ1) is 20.5. The number of anilines is 1. The molecule has 3 aromatic rings. The molecule has 2 aromatic heterocycles. The number of methoxy groups -OCH3 is 1. The summed E-state index contributed by atoms with van der Waals surface area (Å²) in [6.45, 7) is 2.39. The minimum Gasteiger partial charge on any atom is -0.497 e. The summed E-state index contributed by atoms with van der Waals surface area (Å²) >= 11 is 0. The monoisotopic (exact) mass is 435 g/mol. The maximum atomic E-state index is 11.5. The Morgan fingerprint density at radius 3 is 2.59 bits per heavy atom. The number of urea groups is 1. The number of benzene rings is 1. The number of piperazine rings is 1. The number of carbonyl (C=O) groups excluding carboxylic acids is 1. The molecule has 1 aliphatic heterocycles. The molecule has 1 saturated carbocycles. The Morgan fingerprint density at radius 2 is 1.88 bits per heavy atom. The van der Waals surface area contributed by atoms with Crippen molar-refractivity contribution in [3.05, 3.63) is 30.6 Å². The minimum absolute atomic E-state index is 0.385. The van der Waals surface area contributed by atoms with Gasteiger partial charge < -0.3 is 20.3 Å². The van der Waals surface area contributed by atoms with Gasteiger partial charge in [-0.1, -0.05) is 19.3 Å². The Kier molecular flexibility index (Phi) is 5.55. The SMILES string of the molecule is COc1ccc2c(-c3cnn(C4CCCCC4)c3)nc(N3CCN(C(N)=O)CC3)nc2c1. The summed E-state index contributed by atoms with van der Waals surface area (Å²) in [4.78, 5) is 25.0. The summed E-state index contributed by atoms with van der Waals surface area (Å²) in [5, 5.41) is 5.65. The lowest BCUT2D eigenvalue weighted by molar-refractivity contribution is 0.204. The number of nitrogens with two attached hydrogens (primary N) is 1. The number of hydrogen-bond acceptors (Lipinski definition) is 6. The quantitative estimate of drug-likeness (QED) is 0.675. The fraction of sp³-hybridized carbons (Fsp3) is 0.478. The number of nitrogens with zero attached hydrogens (tertiary/aromatic N) is 6. The van der Waals surface area contributed by atoms with E-state index in [1.807, 2.05) is 24.4 Å². The van der Waals surface area contributed by atoms with E-state index >= 15 is 0 Å². The van der Waals surface area contributed by atoms with Crippen LogP contribution in [0.1, 0.15) is 38.1 Å². The number of ether oxygens (including phenoxy) is 1. The van der Waals surface area contributed by atoms with Gasteiger partial charge in [0.2, 0.25) is 5.95 Å². The molecule has 1 saturated heterocycles. The van der Waals surface area contributed by atoms with E-state index in [1.165, 1.54) is 32.1 Å². The van der Waals surface area contributed by atoms with Crippen LogP contribution in [0.15, 0.2) is 30.6 Å². The number of aromatic nitrogens is 4. The van der Waals surface area contributed by atoms with Crippen LogP contribution in [0, 0.1) is 0 Å². The standard InChI is InChI=1S/C23H29N7O2/c1-32-18-7-8-19-20(13-18)26-23(29-11-9-28(10-12-29)22(24)31)27-21(19)16-14-25-30(15-16)17-5-3-2-4-6-17/h7-8,13-15,17H,2-6,9-12H2,1H3,(H2,24,31). The second-order valence-corrected chi connectivity index (χ2v) is 8.57. The predicted molar refractivity (Wildman–Crippen MR) is 123 cm³/mol. The Morgan fingerprint density at radius 1 is 1.09 bits per heavy atom. The molecular formula is C23H29N7O2. The van der Waals surface area contributed by atoms with Crippen molar-refractivity contribution in [1.29, 1.82) is 0 Å². The largest absolute Gasteiger partial charge is 0.497 e. The van der Waals surface area contributed by atoms with Gasteiger partial charge in [0.1, 0.15) is 5.75 Å². The fourth-order valence-corrected chi connectivity index (χ4v) is 4.72. The van der Waals surface area contributed by atoms with Crippen molar-refractivity contribution >= 4 is 22.9 Å². The third-order valence-electron chi connectivity index (χ3n) is 6.59. The third kappa shape index (κ3) is 3.94. The molecule has 9 heteroatoms. The number of fused-ring (bicyclic) bond motifs is 1. The summed E-state index contributed by atoms with van der Waals surface area (Å²) in [5.74, 6) is 1.40. The highest BCUT2D eigenvalue weighted by molar-refractivity contribution is 5.93. The van der Waals surface area contributed by atoms with Crippen LogP contribution < -0.4 is 15.4 Å². The summed E-state index contributed by atoms with van der Waals surface area (Å²) in [6.07, 6.45) is 10.2. The van der Waals surface area contributed by atoms with Gasteiger partial charge in [0, 0.05) is 49.4 Å². The van der Waals surface area contributed by atoms with Crippen LogP contribution >= 0.6 is 0 Å². The molecule has 0 spiro atoms. The zero-order chi connectivity index (χ0) is 22.1. The highest BCUT2D eigenvalue weighted by Crippen LogP contribution is 2.33. The number of primary amides is 1. The molecule has 1 aliphatic carbocycles. The minimum atomic E-state index is -0.385. The summed E-state index contributed by atoms with van der Waals surface area (Å²) in [7, 11) is 1.65. The molecule has 5 rings (SSSR count). The van der Waals surface area contributed by atoms with E-state index in [0.29, 0.717) is 38.2 Å². The first-order valence-corrected chi connectivity index (χ1v) is 11.3. The van der Waals surface area contributed by atoms with E-state index in [0.717, 1.165) is 27.9 Å². The van der Waals surface area contributed by atoms with E-state index < -0.39 is 0 Å². The lowest BCUT2D eigenvalue weighted by Crippen LogP contribution is -2.51. The number of hydrogen-bond donors (Lipinski definition) is 1. The van der Waals surface area contributed by atoms with E-state index in [2.05, 4.69) is 20.9 Å². The Balaban J connectivity index is 1.52. The van der Waals surface area contributed by atoms with Crippen molar-refractivity contribution < 1.29 is 9.53 Å².